The van der Waals surface area contributed by atoms with Crippen LogP contribution in [0.4, 0.5) is 4.79 Å². The molecule has 0 aromatic rings. The Hall–Kier alpha value is -0.990. The highest BCUT2D eigenvalue weighted by atomic mass is 16.6. The van der Waals surface area contributed by atoms with Crippen LogP contribution in [0.3, 0.4) is 0 Å². The van der Waals surface area contributed by atoms with Gasteiger partial charge in [-0.25, -0.2) is 4.79 Å². The van der Waals surface area contributed by atoms with E-state index in [1.807, 2.05) is 6.08 Å². The first-order valence-corrected chi connectivity index (χ1v) is 4.88. The molecule has 0 saturated heterocycles. The van der Waals surface area contributed by atoms with E-state index >= 15 is 0 Å². The van der Waals surface area contributed by atoms with E-state index < -0.39 is 0 Å². The maximum absolute atomic E-state index is 10.9. The summed E-state index contributed by atoms with van der Waals surface area (Å²) in [6, 6.07) is 0. The van der Waals surface area contributed by atoms with Gasteiger partial charge in [0.05, 0.1) is 0 Å². The number of hydrogen-bond donors (Lipinski definition) is 1. The molecule has 13 heavy (non-hydrogen) atoms. The molecule has 1 unspecified atom stereocenters. The van der Waals surface area contributed by atoms with E-state index in [1.165, 1.54) is 12.8 Å². The van der Waals surface area contributed by atoms with E-state index in [0.717, 1.165) is 19.3 Å². The summed E-state index contributed by atoms with van der Waals surface area (Å²) >= 11 is 0. The molecule has 1 atom stereocenters. The summed E-state index contributed by atoms with van der Waals surface area (Å²) < 4.78 is 5.14. The Bertz CT molecular complexity index is 189. The maximum atomic E-state index is 10.9. The fourth-order valence-corrected chi connectivity index (χ4v) is 1.42. The maximum Gasteiger partial charge on any atom is 0.407 e. The molecule has 1 amide bonds. The molecule has 0 spiro atoms. The molecule has 0 fully saturated rings. The van der Waals surface area contributed by atoms with Crippen molar-refractivity contribution in [3.63, 3.8) is 0 Å². The smallest absolute Gasteiger partial charge is 0.407 e. The lowest BCUT2D eigenvalue weighted by Crippen LogP contribution is -2.25. The van der Waals surface area contributed by atoms with E-state index in [4.69, 9.17) is 4.74 Å². The predicted octanol–water partition coefficient (Wildman–Crippen LogP) is 2.23. The Balaban J connectivity index is 2.37. The quantitative estimate of drug-likeness (QED) is 0.633. The molecule has 0 aromatic carbocycles. The SMILES string of the molecule is CNC(=O)OC1/C=C/CCCCC1. The second kappa shape index (κ2) is 5.62. The van der Waals surface area contributed by atoms with Gasteiger partial charge in [-0.2, -0.15) is 0 Å². The highest BCUT2D eigenvalue weighted by Gasteiger charge is 2.10. The highest BCUT2D eigenvalue weighted by molar-refractivity contribution is 5.67. The monoisotopic (exact) mass is 183 g/mol. The Morgan fingerprint density at radius 3 is 3.08 bits per heavy atom. The van der Waals surface area contributed by atoms with Crippen molar-refractivity contribution < 1.29 is 9.53 Å². The Labute approximate surface area is 79.2 Å². The summed E-state index contributed by atoms with van der Waals surface area (Å²) in [6.45, 7) is 0. The number of alkyl carbamates (subject to hydrolysis) is 1. The van der Waals surface area contributed by atoms with E-state index in [2.05, 4.69) is 11.4 Å². The molecule has 0 aromatic heterocycles. The van der Waals surface area contributed by atoms with E-state index in [9.17, 15) is 4.79 Å². The van der Waals surface area contributed by atoms with Gasteiger partial charge in [-0.15, -0.1) is 0 Å². The standard InChI is InChI=1S/C10H17NO2/c1-11-10(12)13-9-7-5-3-2-4-6-8-9/h5,7,9H,2-4,6,8H2,1H3,(H,11,12)/b7-5+. The van der Waals surface area contributed by atoms with Crippen LogP contribution in [0.15, 0.2) is 12.2 Å². The van der Waals surface area contributed by atoms with Gasteiger partial charge in [0, 0.05) is 7.05 Å². The van der Waals surface area contributed by atoms with Crippen molar-refractivity contribution in [3.8, 4) is 0 Å². The Morgan fingerprint density at radius 1 is 1.46 bits per heavy atom. The molecule has 0 heterocycles. The van der Waals surface area contributed by atoms with Crippen molar-refractivity contribution in [3.05, 3.63) is 12.2 Å². The zero-order valence-electron chi connectivity index (χ0n) is 8.08. The third kappa shape index (κ3) is 3.97. The van der Waals surface area contributed by atoms with Crippen LogP contribution in [0.1, 0.15) is 32.1 Å². The van der Waals surface area contributed by atoms with Gasteiger partial charge in [0.2, 0.25) is 0 Å². The number of ether oxygens (including phenoxy) is 1. The van der Waals surface area contributed by atoms with Crippen molar-refractivity contribution in [1.29, 1.82) is 0 Å². The van der Waals surface area contributed by atoms with Crippen molar-refractivity contribution >= 4 is 6.09 Å². The fraction of sp³-hybridized carbons (Fsp3) is 0.700. The largest absolute Gasteiger partial charge is 0.442 e. The summed E-state index contributed by atoms with van der Waals surface area (Å²) in [7, 11) is 1.58. The summed E-state index contributed by atoms with van der Waals surface area (Å²) in [4.78, 5) is 10.9. The van der Waals surface area contributed by atoms with Gasteiger partial charge in [0.25, 0.3) is 0 Å². The van der Waals surface area contributed by atoms with Gasteiger partial charge in [-0.3, -0.25) is 0 Å². The minimum Gasteiger partial charge on any atom is -0.442 e. The van der Waals surface area contributed by atoms with Crippen molar-refractivity contribution in [2.45, 2.75) is 38.2 Å². The van der Waals surface area contributed by atoms with Crippen molar-refractivity contribution in [2.75, 3.05) is 7.05 Å². The van der Waals surface area contributed by atoms with Crippen LogP contribution in [-0.2, 0) is 4.74 Å². The molecule has 0 saturated carbocycles. The average Bonchev–Trinajstić information content (AvgIpc) is 2.09. The van der Waals surface area contributed by atoms with Gasteiger partial charge < -0.3 is 10.1 Å². The molecule has 74 valence electrons. The normalized spacial score (nSPS) is 25.5. The Kier molecular flexibility index (Phi) is 4.36. The predicted molar refractivity (Wildman–Crippen MR) is 51.6 cm³/mol. The second-order valence-corrected chi connectivity index (χ2v) is 3.26. The summed E-state index contributed by atoms with van der Waals surface area (Å²) in [5, 5.41) is 2.45. The molecule has 0 aliphatic heterocycles. The lowest BCUT2D eigenvalue weighted by atomic mass is 10.0. The zero-order chi connectivity index (χ0) is 9.52. The molecule has 0 bridgehead atoms. The van der Waals surface area contributed by atoms with Gasteiger partial charge in [0.15, 0.2) is 0 Å². The van der Waals surface area contributed by atoms with Crippen molar-refractivity contribution in [2.24, 2.45) is 0 Å². The van der Waals surface area contributed by atoms with Gasteiger partial charge in [0.1, 0.15) is 6.10 Å². The summed E-state index contributed by atoms with van der Waals surface area (Å²) in [6.07, 6.45) is 9.42. The molecule has 3 heteroatoms. The van der Waals surface area contributed by atoms with Gasteiger partial charge in [-0.05, 0) is 31.8 Å². The third-order valence-corrected chi connectivity index (χ3v) is 2.17. The average molecular weight is 183 g/mol. The Morgan fingerprint density at radius 2 is 2.31 bits per heavy atom. The first kappa shape index (κ1) is 10.1. The molecular weight excluding hydrogens is 166 g/mol. The van der Waals surface area contributed by atoms with Gasteiger partial charge >= 0.3 is 6.09 Å². The van der Waals surface area contributed by atoms with Crippen LogP contribution >= 0.6 is 0 Å². The van der Waals surface area contributed by atoms with Gasteiger partial charge in [-0.1, -0.05) is 12.5 Å². The van der Waals surface area contributed by atoms with Crippen LogP contribution in [0.2, 0.25) is 0 Å². The zero-order valence-corrected chi connectivity index (χ0v) is 8.08. The number of hydrogen-bond acceptors (Lipinski definition) is 2. The van der Waals surface area contributed by atoms with E-state index in [0.29, 0.717) is 0 Å². The molecule has 1 aliphatic carbocycles. The summed E-state index contributed by atoms with van der Waals surface area (Å²) in [5.74, 6) is 0. The number of carbonyl (C=O) groups is 1. The van der Waals surface area contributed by atoms with Crippen LogP contribution in [0, 0.1) is 0 Å². The number of allylic oxidation sites excluding steroid dienone is 1. The number of carbonyl (C=O) groups excluding carboxylic acids is 1. The topological polar surface area (TPSA) is 38.3 Å². The minimum atomic E-state index is -0.338. The highest BCUT2D eigenvalue weighted by Crippen LogP contribution is 2.13. The second-order valence-electron chi connectivity index (χ2n) is 3.26. The minimum absolute atomic E-state index is 0.0275. The molecule has 1 aliphatic rings. The molecular formula is C10H17NO2. The van der Waals surface area contributed by atoms with E-state index in [1.54, 1.807) is 7.05 Å². The van der Waals surface area contributed by atoms with Crippen LogP contribution < -0.4 is 5.32 Å². The fourth-order valence-electron chi connectivity index (χ4n) is 1.42. The molecule has 0 radical (unpaired) electrons. The number of rotatable bonds is 1. The number of amides is 1. The first-order chi connectivity index (χ1) is 6.33. The molecule has 1 rings (SSSR count). The summed E-state index contributed by atoms with van der Waals surface area (Å²) in [5.41, 5.74) is 0. The molecule has 1 N–H and O–H groups in total. The first-order valence-electron chi connectivity index (χ1n) is 4.88. The lowest BCUT2D eigenvalue weighted by molar-refractivity contribution is 0.115. The van der Waals surface area contributed by atoms with Crippen LogP contribution in [0.25, 0.3) is 0 Å². The van der Waals surface area contributed by atoms with E-state index in [-0.39, 0.29) is 12.2 Å². The van der Waals surface area contributed by atoms with Crippen molar-refractivity contribution in [1.82, 2.24) is 5.32 Å². The van der Waals surface area contributed by atoms with Crippen LogP contribution in [0.5, 0.6) is 0 Å². The van der Waals surface area contributed by atoms with Crippen LogP contribution in [-0.4, -0.2) is 19.2 Å². The molecule has 3 nitrogen and oxygen atoms in total. The lowest BCUT2D eigenvalue weighted by Gasteiger charge is -2.15. The third-order valence-electron chi connectivity index (χ3n) is 2.17. The number of nitrogens with one attached hydrogen (secondary N) is 1.